The van der Waals surface area contributed by atoms with E-state index in [1.807, 2.05) is 6.07 Å². The number of anilines is 2. The van der Waals surface area contributed by atoms with Crippen LogP contribution in [-0.2, 0) is 11.3 Å². The second kappa shape index (κ2) is 7.40. The number of ether oxygens (including phenoxy) is 1. The molecule has 0 saturated carbocycles. The van der Waals surface area contributed by atoms with Crippen molar-refractivity contribution in [2.24, 2.45) is 0 Å². The summed E-state index contributed by atoms with van der Waals surface area (Å²) >= 11 is 0. The largest absolute Gasteiger partial charge is 0.377 e. The fourth-order valence-corrected chi connectivity index (χ4v) is 2.22. The molecule has 0 spiro atoms. The second-order valence-electron chi connectivity index (χ2n) is 5.18. The molecule has 2 rings (SSSR count). The second-order valence-corrected chi connectivity index (χ2v) is 5.18. The van der Waals surface area contributed by atoms with Gasteiger partial charge in [-0.2, -0.15) is 0 Å². The maximum Gasteiger partial charge on any atom is 0.158 e. The van der Waals surface area contributed by atoms with Crippen LogP contribution in [0.4, 0.5) is 11.6 Å². The van der Waals surface area contributed by atoms with E-state index in [1.54, 1.807) is 7.11 Å². The minimum Gasteiger partial charge on any atom is -0.377 e. The summed E-state index contributed by atoms with van der Waals surface area (Å²) in [5.41, 5.74) is 0. The molecule has 1 N–H and O–H groups in total. The van der Waals surface area contributed by atoms with Gasteiger partial charge in [-0.15, -0.1) is 0 Å². The lowest BCUT2D eigenvalue weighted by Gasteiger charge is -2.33. The first-order valence-corrected chi connectivity index (χ1v) is 7.27. The van der Waals surface area contributed by atoms with Gasteiger partial charge in [0.25, 0.3) is 0 Å². The Kier molecular flexibility index (Phi) is 5.55. The van der Waals surface area contributed by atoms with Gasteiger partial charge in [0.2, 0.25) is 0 Å². The molecule has 0 aromatic carbocycles. The maximum atomic E-state index is 5.17. The first-order chi connectivity index (χ1) is 9.72. The van der Waals surface area contributed by atoms with E-state index in [1.165, 1.54) is 0 Å². The smallest absolute Gasteiger partial charge is 0.158 e. The summed E-state index contributed by atoms with van der Waals surface area (Å²) in [6.45, 7) is 7.67. The lowest BCUT2D eigenvalue weighted by Crippen LogP contribution is -2.45. The Morgan fingerprint density at radius 2 is 2.00 bits per heavy atom. The molecule has 112 valence electrons. The highest BCUT2D eigenvalue weighted by atomic mass is 16.5. The van der Waals surface area contributed by atoms with E-state index >= 15 is 0 Å². The summed E-state index contributed by atoms with van der Waals surface area (Å²) in [6, 6.07) is 2.04. The number of nitrogens with one attached hydrogen (secondary N) is 1. The molecule has 20 heavy (non-hydrogen) atoms. The molecule has 1 aromatic rings. The van der Waals surface area contributed by atoms with Crippen molar-refractivity contribution >= 4 is 11.6 Å². The van der Waals surface area contributed by atoms with E-state index in [0.29, 0.717) is 6.61 Å². The minimum atomic E-state index is 0.447. The quantitative estimate of drug-likeness (QED) is 0.844. The Balaban J connectivity index is 2.15. The summed E-state index contributed by atoms with van der Waals surface area (Å²) in [5.74, 6) is 2.63. The van der Waals surface area contributed by atoms with Crippen molar-refractivity contribution in [1.82, 2.24) is 14.9 Å². The highest BCUT2D eigenvalue weighted by Crippen LogP contribution is 2.18. The Morgan fingerprint density at radius 1 is 1.25 bits per heavy atom. The van der Waals surface area contributed by atoms with E-state index in [0.717, 1.165) is 56.6 Å². The Bertz CT molecular complexity index is 418. The molecular weight excluding hydrogens is 254 g/mol. The van der Waals surface area contributed by atoms with E-state index in [9.17, 15) is 0 Å². The van der Waals surface area contributed by atoms with Crippen molar-refractivity contribution in [2.75, 3.05) is 57.1 Å². The Morgan fingerprint density at radius 3 is 2.65 bits per heavy atom. The first-order valence-electron chi connectivity index (χ1n) is 7.27. The van der Waals surface area contributed by atoms with E-state index < -0.39 is 0 Å². The van der Waals surface area contributed by atoms with E-state index in [4.69, 9.17) is 4.74 Å². The molecule has 1 aliphatic rings. The van der Waals surface area contributed by atoms with Crippen LogP contribution in [0.5, 0.6) is 0 Å². The lowest BCUT2D eigenvalue weighted by molar-refractivity contribution is 0.178. The summed E-state index contributed by atoms with van der Waals surface area (Å²) in [7, 11) is 3.83. The molecule has 0 amide bonds. The normalized spacial score (nSPS) is 16.4. The Hall–Kier alpha value is -1.40. The van der Waals surface area contributed by atoms with Crippen LogP contribution in [-0.4, -0.2) is 61.7 Å². The molecule has 1 aliphatic heterocycles. The molecule has 1 aromatic heterocycles. The molecule has 0 bridgehead atoms. The third-order valence-corrected chi connectivity index (χ3v) is 3.42. The zero-order valence-corrected chi connectivity index (χ0v) is 12.7. The van der Waals surface area contributed by atoms with Crippen molar-refractivity contribution in [3.63, 3.8) is 0 Å². The van der Waals surface area contributed by atoms with Crippen molar-refractivity contribution in [3.05, 3.63) is 11.9 Å². The van der Waals surface area contributed by atoms with Gasteiger partial charge < -0.3 is 19.9 Å². The number of nitrogens with zero attached hydrogens (tertiary/aromatic N) is 4. The third-order valence-electron chi connectivity index (χ3n) is 3.42. The molecular formula is C14H25N5O. The van der Waals surface area contributed by atoms with Gasteiger partial charge in [-0.25, -0.2) is 9.97 Å². The fraction of sp³-hybridized carbons (Fsp3) is 0.714. The molecule has 0 radical (unpaired) electrons. The van der Waals surface area contributed by atoms with Crippen molar-refractivity contribution in [1.29, 1.82) is 0 Å². The number of methoxy groups -OCH3 is 1. The van der Waals surface area contributed by atoms with E-state index in [-0.39, 0.29) is 0 Å². The molecule has 1 saturated heterocycles. The van der Waals surface area contributed by atoms with E-state index in [2.05, 4.69) is 39.1 Å². The summed E-state index contributed by atoms with van der Waals surface area (Å²) < 4.78 is 5.17. The summed E-state index contributed by atoms with van der Waals surface area (Å²) in [6.07, 6.45) is 1.08. The van der Waals surface area contributed by atoms with Gasteiger partial charge in [-0.3, -0.25) is 0 Å². The number of hydrogen-bond acceptors (Lipinski definition) is 6. The van der Waals surface area contributed by atoms with Gasteiger partial charge in [0.15, 0.2) is 5.82 Å². The molecule has 2 heterocycles. The van der Waals surface area contributed by atoms with Crippen LogP contribution in [0.2, 0.25) is 0 Å². The number of piperazine rings is 1. The highest BCUT2D eigenvalue weighted by molar-refractivity contribution is 5.49. The first kappa shape index (κ1) is 15.0. The van der Waals surface area contributed by atoms with Crippen LogP contribution < -0.4 is 10.2 Å². The Labute approximate surface area is 121 Å². The lowest BCUT2D eigenvalue weighted by atomic mass is 10.3. The molecule has 0 aliphatic carbocycles. The SMILES string of the molecule is CCCNc1cc(N2CCN(C)CC2)nc(COC)n1. The van der Waals surface area contributed by atoms with Gasteiger partial charge in [0.05, 0.1) is 0 Å². The molecule has 6 heteroatoms. The summed E-state index contributed by atoms with van der Waals surface area (Å²) in [5, 5.41) is 3.34. The predicted molar refractivity (Wildman–Crippen MR) is 81.2 cm³/mol. The topological polar surface area (TPSA) is 53.5 Å². The van der Waals surface area contributed by atoms with Crippen molar-refractivity contribution in [3.8, 4) is 0 Å². The monoisotopic (exact) mass is 279 g/mol. The maximum absolute atomic E-state index is 5.17. The fourth-order valence-electron chi connectivity index (χ4n) is 2.22. The van der Waals surface area contributed by atoms with Crippen LogP contribution in [0.3, 0.4) is 0 Å². The van der Waals surface area contributed by atoms with Gasteiger partial charge in [0.1, 0.15) is 18.2 Å². The van der Waals surface area contributed by atoms with Crippen molar-refractivity contribution < 1.29 is 4.74 Å². The van der Waals surface area contributed by atoms with Crippen LogP contribution >= 0.6 is 0 Å². The van der Waals surface area contributed by atoms with Gasteiger partial charge in [0, 0.05) is 45.9 Å². The standard InChI is InChI=1S/C14H25N5O/c1-4-5-15-12-10-14(17-13(16-12)11-20-3)19-8-6-18(2)7-9-19/h10H,4-9,11H2,1-3H3,(H,15,16,17). The van der Waals surface area contributed by atoms with Gasteiger partial charge >= 0.3 is 0 Å². The number of rotatable bonds is 6. The van der Waals surface area contributed by atoms with Gasteiger partial charge in [-0.05, 0) is 13.5 Å². The van der Waals surface area contributed by atoms with Crippen LogP contribution in [0.15, 0.2) is 6.07 Å². The number of likely N-dealkylation sites (N-methyl/N-ethyl adjacent to an activating group) is 1. The average molecular weight is 279 g/mol. The molecule has 0 atom stereocenters. The van der Waals surface area contributed by atoms with Crippen LogP contribution in [0.1, 0.15) is 19.2 Å². The molecule has 0 unspecified atom stereocenters. The zero-order valence-electron chi connectivity index (χ0n) is 12.7. The number of hydrogen-bond donors (Lipinski definition) is 1. The van der Waals surface area contributed by atoms with Gasteiger partial charge in [-0.1, -0.05) is 6.92 Å². The van der Waals surface area contributed by atoms with Crippen LogP contribution in [0, 0.1) is 0 Å². The van der Waals surface area contributed by atoms with Crippen molar-refractivity contribution in [2.45, 2.75) is 20.0 Å². The predicted octanol–water partition coefficient (Wildman–Crippen LogP) is 1.20. The summed E-state index contributed by atoms with van der Waals surface area (Å²) in [4.78, 5) is 13.8. The highest BCUT2D eigenvalue weighted by Gasteiger charge is 2.17. The molecule has 1 fully saturated rings. The third kappa shape index (κ3) is 4.05. The molecule has 6 nitrogen and oxygen atoms in total. The number of aromatic nitrogens is 2. The van der Waals surface area contributed by atoms with Crippen LogP contribution in [0.25, 0.3) is 0 Å². The minimum absolute atomic E-state index is 0.447. The average Bonchev–Trinajstić information content (AvgIpc) is 2.46. The zero-order chi connectivity index (χ0) is 14.4.